The van der Waals surface area contributed by atoms with E-state index in [1.807, 2.05) is 32.0 Å². The molecule has 0 amide bonds. The SMILES string of the molecule is CC.Cc1ccc(-c2ccccc2)cc1.Cc1ccc(-c2ccccc2)cc1.[CH2]C1=C(c2ccccc2[CH2])C(c2ccccc2)(c2ccccc2)c2cc(C)ccc21. The summed E-state index contributed by atoms with van der Waals surface area (Å²) in [6, 6.07) is 74.9. The predicted molar refractivity (Wildman–Crippen MR) is 252 cm³/mol. The molecule has 0 saturated heterocycles. The van der Waals surface area contributed by atoms with E-state index in [0.29, 0.717) is 0 Å². The standard InChI is InChI=1S/C30H24.2C13H12.C2H6/c1-21-18-19-27-23(3)29(26-17-11-10-12-22(26)2)30(28(27)20-21,24-13-6-4-7-14-24)25-15-8-5-9-16-25;2*1-11-7-9-13(10-8-11)12-5-3-2-4-6-12;1-2/h4-20H,2-3H2,1H3;2*2-10H,1H3;1-2H3. The van der Waals surface area contributed by atoms with Gasteiger partial charge < -0.3 is 0 Å². The van der Waals surface area contributed by atoms with Gasteiger partial charge in [0.05, 0.1) is 5.41 Å². The average Bonchev–Trinajstić information content (AvgIpc) is 3.54. The lowest BCUT2D eigenvalue weighted by Crippen LogP contribution is -2.29. The van der Waals surface area contributed by atoms with Crippen molar-refractivity contribution in [2.75, 3.05) is 0 Å². The second kappa shape index (κ2) is 19.6. The third-order valence-electron chi connectivity index (χ3n) is 10.6. The van der Waals surface area contributed by atoms with Crippen LogP contribution in [0.25, 0.3) is 33.4 Å². The number of hydrogen-bond acceptors (Lipinski definition) is 0. The van der Waals surface area contributed by atoms with Crippen LogP contribution in [0.3, 0.4) is 0 Å². The molecule has 0 fully saturated rings. The molecule has 0 aromatic heterocycles. The first kappa shape index (κ1) is 41.1. The lowest BCUT2D eigenvalue weighted by atomic mass is 9.65. The maximum absolute atomic E-state index is 4.61. The van der Waals surface area contributed by atoms with Crippen molar-refractivity contribution in [2.45, 2.75) is 40.0 Å². The first-order valence-corrected chi connectivity index (χ1v) is 20.3. The van der Waals surface area contributed by atoms with Crippen LogP contribution in [0, 0.1) is 34.6 Å². The normalized spacial score (nSPS) is 12.1. The molecule has 2 radical (unpaired) electrons. The van der Waals surface area contributed by atoms with Crippen LogP contribution in [0.1, 0.15) is 63.9 Å². The number of aryl methyl sites for hydroxylation is 3. The van der Waals surface area contributed by atoms with Gasteiger partial charge in [-0.2, -0.15) is 0 Å². The van der Waals surface area contributed by atoms with E-state index in [0.717, 1.165) is 16.7 Å². The van der Waals surface area contributed by atoms with Gasteiger partial charge in [0.1, 0.15) is 0 Å². The average molecular weight is 751 g/mol. The van der Waals surface area contributed by atoms with Crippen LogP contribution in [0.4, 0.5) is 0 Å². The van der Waals surface area contributed by atoms with E-state index in [1.165, 1.54) is 66.8 Å². The molecule has 1 aliphatic carbocycles. The molecule has 0 aliphatic heterocycles. The third-order valence-corrected chi connectivity index (χ3v) is 10.6. The molecule has 0 heterocycles. The lowest BCUT2D eigenvalue weighted by molar-refractivity contribution is 0.812. The second-order valence-electron chi connectivity index (χ2n) is 14.5. The van der Waals surface area contributed by atoms with E-state index in [9.17, 15) is 0 Å². The zero-order valence-corrected chi connectivity index (χ0v) is 34.6. The van der Waals surface area contributed by atoms with Gasteiger partial charge in [-0.3, -0.25) is 0 Å². The summed E-state index contributed by atoms with van der Waals surface area (Å²) in [7, 11) is 0. The molecule has 58 heavy (non-hydrogen) atoms. The molecule has 0 unspecified atom stereocenters. The van der Waals surface area contributed by atoms with E-state index >= 15 is 0 Å². The van der Waals surface area contributed by atoms with E-state index in [4.69, 9.17) is 0 Å². The molecule has 0 saturated carbocycles. The molecule has 0 N–H and O–H groups in total. The Morgan fingerprint density at radius 2 is 0.707 bits per heavy atom. The smallest absolute Gasteiger partial charge is 0.0683 e. The molecule has 1 aliphatic rings. The topological polar surface area (TPSA) is 0 Å². The first-order valence-electron chi connectivity index (χ1n) is 20.3. The van der Waals surface area contributed by atoms with Crippen LogP contribution >= 0.6 is 0 Å². The molecule has 0 atom stereocenters. The molecule has 0 nitrogen and oxygen atoms in total. The summed E-state index contributed by atoms with van der Waals surface area (Å²) in [5.74, 6) is 0. The fourth-order valence-electron chi connectivity index (χ4n) is 7.75. The summed E-state index contributed by atoms with van der Waals surface area (Å²) < 4.78 is 0. The number of hydrogen-bond donors (Lipinski definition) is 0. The minimum Gasteiger partial charge on any atom is -0.0683 e. The molecule has 0 bridgehead atoms. The van der Waals surface area contributed by atoms with Gasteiger partial charge in [0, 0.05) is 0 Å². The zero-order valence-electron chi connectivity index (χ0n) is 34.6. The molecule has 286 valence electrons. The van der Waals surface area contributed by atoms with Crippen molar-refractivity contribution in [3.63, 3.8) is 0 Å². The Hall–Kier alpha value is -6.50. The Morgan fingerprint density at radius 3 is 1.14 bits per heavy atom. The van der Waals surface area contributed by atoms with Gasteiger partial charge in [-0.15, -0.1) is 0 Å². The number of fused-ring (bicyclic) bond motifs is 1. The van der Waals surface area contributed by atoms with Crippen LogP contribution in [0.5, 0.6) is 0 Å². The van der Waals surface area contributed by atoms with Gasteiger partial charge >= 0.3 is 0 Å². The van der Waals surface area contributed by atoms with Crippen molar-refractivity contribution < 1.29 is 0 Å². The summed E-state index contributed by atoms with van der Waals surface area (Å²) in [6.45, 7) is 19.4. The quantitative estimate of drug-likeness (QED) is 0.164. The van der Waals surface area contributed by atoms with Gasteiger partial charge in [0.15, 0.2) is 0 Å². The summed E-state index contributed by atoms with van der Waals surface area (Å²) in [4.78, 5) is 0. The van der Waals surface area contributed by atoms with Crippen LogP contribution < -0.4 is 0 Å². The van der Waals surface area contributed by atoms with Gasteiger partial charge in [0.2, 0.25) is 0 Å². The van der Waals surface area contributed by atoms with Crippen LogP contribution in [0.2, 0.25) is 0 Å². The first-order chi connectivity index (χ1) is 28.4. The number of allylic oxidation sites excluding steroid dienone is 2. The maximum atomic E-state index is 4.61. The number of rotatable bonds is 5. The highest BCUT2D eigenvalue weighted by Gasteiger charge is 2.47. The lowest BCUT2D eigenvalue weighted by Gasteiger charge is -2.36. The fourth-order valence-corrected chi connectivity index (χ4v) is 7.75. The van der Waals surface area contributed by atoms with Crippen molar-refractivity contribution >= 4 is 11.1 Å². The highest BCUT2D eigenvalue weighted by atomic mass is 14.5. The molecule has 8 aromatic carbocycles. The molecule has 0 spiro atoms. The highest BCUT2D eigenvalue weighted by molar-refractivity contribution is 6.07. The predicted octanol–water partition coefficient (Wildman–Crippen LogP) is 15.6. The monoisotopic (exact) mass is 750 g/mol. The van der Waals surface area contributed by atoms with Crippen molar-refractivity contribution in [2.24, 2.45) is 0 Å². The van der Waals surface area contributed by atoms with Crippen LogP contribution in [0.15, 0.2) is 212 Å². The molecule has 8 aromatic rings. The summed E-state index contributed by atoms with van der Waals surface area (Å²) in [5, 5.41) is 0. The second-order valence-corrected chi connectivity index (χ2v) is 14.5. The fraction of sp³-hybridized carbons (Fsp3) is 0.103. The summed E-state index contributed by atoms with van der Waals surface area (Å²) in [5.41, 5.74) is 18.0. The largest absolute Gasteiger partial charge is 0.0716 e. The Labute approximate surface area is 348 Å². The van der Waals surface area contributed by atoms with Gasteiger partial charge in [-0.05, 0) is 101 Å². The van der Waals surface area contributed by atoms with E-state index in [1.54, 1.807) is 0 Å². The van der Waals surface area contributed by atoms with Gasteiger partial charge in [-0.25, -0.2) is 0 Å². The van der Waals surface area contributed by atoms with Gasteiger partial charge in [-0.1, -0.05) is 243 Å². The van der Waals surface area contributed by atoms with E-state index < -0.39 is 5.41 Å². The molecular weight excluding hydrogens is 697 g/mol. The highest BCUT2D eigenvalue weighted by Crippen LogP contribution is 2.58. The summed E-state index contributed by atoms with van der Waals surface area (Å²) >= 11 is 0. The van der Waals surface area contributed by atoms with Gasteiger partial charge in [0.25, 0.3) is 0 Å². The minimum atomic E-state index is -0.436. The molecule has 0 heteroatoms. The van der Waals surface area contributed by atoms with E-state index in [2.05, 4.69) is 229 Å². The molecular formula is C58H54. The maximum Gasteiger partial charge on any atom is 0.0716 e. The van der Waals surface area contributed by atoms with Crippen molar-refractivity contribution in [1.82, 2.24) is 0 Å². The molecule has 9 rings (SSSR count). The Kier molecular flexibility index (Phi) is 13.9. The summed E-state index contributed by atoms with van der Waals surface area (Å²) in [6.07, 6.45) is 0. The Morgan fingerprint density at radius 1 is 0.345 bits per heavy atom. The Bertz CT molecular complexity index is 2390. The van der Waals surface area contributed by atoms with Crippen LogP contribution in [-0.4, -0.2) is 0 Å². The Balaban J connectivity index is 0.000000167. The minimum absolute atomic E-state index is 0.436. The third kappa shape index (κ3) is 9.04. The van der Waals surface area contributed by atoms with Crippen molar-refractivity contribution in [1.29, 1.82) is 0 Å². The zero-order chi connectivity index (χ0) is 40.9. The van der Waals surface area contributed by atoms with Crippen LogP contribution in [-0.2, 0) is 5.41 Å². The van der Waals surface area contributed by atoms with E-state index in [-0.39, 0.29) is 0 Å². The number of benzene rings is 8. The van der Waals surface area contributed by atoms with Crippen molar-refractivity contribution in [3.05, 3.63) is 276 Å². The van der Waals surface area contributed by atoms with Crippen molar-refractivity contribution in [3.8, 4) is 22.3 Å².